The fraction of sp³-hybridized carbons (Fsp3) is 0.158. The maximum Gasteiger partial charge on any atom is 0.271 e. The van der Waals surface area contributed by atoms with Crippen molar-refractivity contribution in [1.82, 2.24) is 9.97 Å². The summed E-state index contributed by atoms with van der Waals surface area (Å²) in [6, 6.07) is 12.4. The first kappa shape index (κ1) is 21.0. The molecule has 0 unspecified atom stereocenters. The monoisotopic (exact) mass is 475 g/mol. The first-order valence-corrected chi connectivity index (χ1v) is 11.6. The maximum absolute atomic E-state index is 11.1. The summed E-state index contributed by atoms with van der Waals surface area (Å²) in [6.07, 6.45) is 1.62. The molecule has 150 valence electrons. The second-order valence-corrected chi connectivity index (χ2v) is 9.32. The largest absolute Gasteiger partial charge is 0.495 e. The maximum atomic E-state index is 11.1. The number of nitro benzene ring substituents is 1. The number of nitro groups is 1. The molecule has 3 rings (SSSR count). The van der Waals surface area contributed by atoms with Gasteiger partial charge in [0.2, 0.25) is 5.95 Å². The van der Waals surface area contributed by atoms with Crippen molar-refractivity contribution in [1.29, 1.82) is 0 Å². The molecule has 0 amide bonds. The van der Waals surface area contributed by atoms with Crippen molar-refractivity contribution in [2.45, 2.75) is 0 Å². The molecule has 10 heteroatoms. The van der Waals surface area contributed by atoms with Gasteiger partial charge in [0.1, 0.15) is 11.6 Å². The molecule has 0 aliphatic heterocycles. The predicted molar refractivity (Wildman–Crippen MR) is 121 cm³/mol. The molecule has 0 saturated heterocycles. The van der Waals surface area contributed by atoms with Gasteiger partial charge in [-0.15, -0.1) is 0 Å². The molecule has 0 saturated carbocycles. The fourth-order valence-corrected chi connectivity index (χ4v) is 3.93. The van der Waals surface area contributed by atoms with E-state index in [2.05, 4.69) is 55.9 Å². The number of methoxy groups -OCH3 is 1. The summed E-state index contributed by atoms with van der Waals surface area (Å²) < 4.78 is 5.98. The summed E-state index contributed by atoms with van der Waals surface area (Å²) in [5.41, 5.74) is 1.32. The Morgan fingerprint density at radius 3 is 2.59 bits per heavy atom. The molecule has 29 heavy (non-hydrogen) atoms. The molecule has 2 N–H and O–H groups in total. The Balaban J connectivity index is 1.93. The number of benzene rings is 2. The lowest BCUT2D eigenvalue weighted by atomic mass is 10.2. The zero-order valence-electron chi connectivity index (χ0n) is 16.0. The number of ether oxygens (including phenoxy) is 1. The zero-order chi connectivity index (χ0) is 21.0. The van der Waals surface area contributed by atoms with Crippen LogP contribution in [0, 0.1) is 10.1 Å². The SMILES string of the molecule is COc1ccc([N+](=O)[O-])cc1Nc1ncc(Br)c(Nc2ccccc2P(C)C)n1. The number of anilines is 4. The highest BCUT2D eigenvalue weighted by Gasteiger charge is 2.14. The summed E-state index contributed by atoms with van der Waals surface area (Å²) in [5.74, 6) is 1.31. The lowest BCUT2D eigenvalue weighted by Crippen LogP contribution is -2.09. The van der Waals surface area contributed by atoms with Crippen LogP contribution in [0.3, 0.4) is 0 Å². The molecule has 3 aromatic rings. The van der Waals surface area contributed by atoms with Gasteiger partial charge in [-0.1, -0.05) is 26.1 Å². The third-order valence-corrected chi connectivity index (χ3v) is 5.96. The van der Waals surface area contributed by atoms with Gasteiger partial charge in [0.25, 0.3) is 5.69 Å². The van der Waals surface area contributed by atoms with Gasteiger partial charge in [0.15, 0.2) is 0 Å². The first-order valence-electron chi connectivity index (χ1n) is 8.54. The molecule has 8 nitrogen and oxygen atoms in total. The number of non-ortho nitro benzene ring substituents is 1. The minimum Gasteiger partial charge on any atom is -0.495 e. The lowest BCUT2D eigenvalue weighted by molar-refractivity contribution is -0.384. The molecule has 0 aliphatic rings. The Kier molecular flexibility index (Phi) is 6.61. The van der Waals surface area contributed by atoms with E-state index in [0.29, 0.717) is 21.7 Å². The number of nitrogens with zero attached hydrogens (tertiary/aromatic N) is 3. The summed E-state index contributed by atoms with van der Waals surface area (Å²) in [5, 5.41) is 18.7. The van der Waals surface area contributed by atoms with Gasteiger partial charge >= 0.3 is 0 Å². The van der Waals surface area contributed by atoms with Gasteiger partial charge in [-0.3, -0.25) is 10.1 Å². The Hall–Kier alpha value is -2.77. The Morgan fingerprint density at radius 1 is 1.14 bits per heavy atom. The molecule has 1 aromatic heterocycles. The van der Waals surface area contributed by atoms with Crippen LogP contribution in [0.15, 0.2) is 53.1 Å². The van der Waals surface area contributed by atoms with Gasteiger partial charge in [0, 0.05) is 24.0 Å². The Morgan fingerprint density at radius 2 is 1.90 bits per heavy atom. The molecule has 0 bridgehead atoms. The molecule has 0 spiro atoms. The standard InChI is InChI=1S/C19H19BrN5O3P/c1-28-16-9-8-12(25(26)27)10-15(16)23-19-21-11-13(20)18(24-19)22-14-6-4-5-7-17(14)29(2)3/h4-11H,1-3H3,(H2,21,22,23,24). The van der Waals surface area contributed by atoms with E-state index in [1.807, 2.05) is 18.2 Å². The van der Waals surface area contributed by atoms with Crippen LogP contribution < -0.4 is 20.7 Å². The third kappa shape index (κ3) is 4.99. The zero-order valence-corrected chi connectivity index (χ0v) is 18.5. The number of hydrogen-bond donors (Lipinski definition) is 2. The predicted octanol–water partition coefficient (Wildman–Crippen LogP) is 5.01. The molecular formula is C19H19BrN5O3P. The van der Waals surface area contributed by atoms with Crippen molar-refractivity contribution in [3.63, 3.8) is 0 Å². The van der Waals surface area contributed by atoms with Crippen LogP contribution in [0.1, 0.15) is 0 Å². The number of para-hydroxylation sites is 1. The van der Waals surface area contributed by atoms with Gasteiger partial charge in [-0.2, -0.15) is 4.98 Å². The average Bonchev–Trinajstić information content (AvgIpc) is 2.70. The van der Waals surface area contributed by atoms with Crippen molar-refractivity contribution >= 4 is 58.0 Å². The van der Waals surface area contributed by atoms with Crippen LogP contribution in [0.25, 0.3) is 0 Å². The van der Waals surface area contributed by atoms with E-state index in [1.54, 1.807) is 6.20 Å². The van der Waals surface area contributed by atoms with Crippen molar-refractivity contribution in [3.8, 4) is 5.75 Å². The van der Waals surface area contributed by atoms with Crippen LogP contribution in [0.4, 0.5) is 28.8 Å². The molecule has 2 aromatic carbocycles. The van der Waals surface area contributed by atoms with E-state index in [-0.39, 0.29) is 19.6 Å². The smallest absolute Gasteiger partial charge is 0.271 e. The third-order valence-electron chi connectivity index (χ3n) is 4.02. The highest BCUT2D eigenvalue weighted by atomic mass is 79.9. The average molecular weight is 476 g/mol. The molecule has 1 heterocycles. The number of aromatic nitrogens is 2. The summed E-state index contributed by atoms with van der Waals surface area (Å²) in [7, 11) is 1.19. The molecule has 0 aliphatic carbocycles. The van der Waals surface area contributed by atoms with Gasteiger partial charge in [-0.05, 0) is 46.7 Å². The van der Waals surface area contributed by atoms with Crippen molar-refractivity contribution in [2.75, 3.05) is 31.1 Å². The van der Waals surface area contributed by atoms with Gasteiger partial charge in [-0.25, -0.2) is 4.98 Å². The lowest BCUT2D eigenvalue weighted by Gasteiger charge is -2.16. The highest BCUT2D eigenvalue weighted by molar-refractivity contribution is 9.10. The molecule has 0 fully saturated rings. The molecule has 0 atom stereocenters. The van der Waals surface area contributed by atoms with Crippen molar-refractivity contribution in [3.05, 3.63) is 63.2 Å². The second-order valence-electron chi connectivity index (χ2n) is 6.19. The van der Waals surface area contributed by atoms with Crippen LogP contribution in [-0.2, 0) is 0 Å². The minimum atomic E-state index is -0.468. The van der Waals surface area contributed by atoms with E-state index in [9.17, 15) is 10.1 Å². The topological polar surface area (TPSA) is 102 Å². The second kappa shape index (κ2) is 9.15. The summed E-state index contributed by atoms with van der Waals surface area (Å²) in [6.45, 7) is 4.37. The number of nitrogens with one attached hydrogen (secondary N) is 2. The number of rotatable bonds is 7. The van der Waals surface area contributed by atoms with E-state index < -0.39 is 4.92 Å². The first-order chi connectivity index (χ1) is 13.9. The minimum absolute atomic E-state index is 0.0584. The normalized spacial score (nSPS) is 10.7. The van der Waals surface area contributed by atoms with Gasteiger partial charge in [0.05, 0.1) is 22.2 Å². The molecule has 0 radical (unpaired) electrons. The molecular weight excluding hydrogens is 457 g/mol. The van der Waals surface area contributed by atoms with Crippen LogP contribution in [0.5, 0.6) is 5.75 Å². The number of hydrogen-bond acceptors (Lipinski definition) is 7. The highest BCUT2D eigenvalue weighted by Crippen LogP contribution is 2.33. The van der Waals surface area contributed by atoms with E-state index in [1.165, 1.54) is 30.6 Å². The number of halogens is 1. The van der Waals surface area contributed by atoms with Crippen molar-refractivity contribution < 1.29 is 9.66 Å². The van der Waals surface area contributed by atoms with Crippen LogP contribution in [-0.4, -0.2) is 35.3 Å². The van der Waals surface area contributed by atoms with Gasteiger partial charge < -0.3 is 15.4 Å². The van der Waals surface area contributed by atoms with Crippen LogP contribution in [0.2, 0.25) is 0 Å². The Labute approximate surface area is 177 Å². The summed E-state index contributed by atoms with van der Waals surface area (Å²) >= 11 is 3.47. The fourth-order valence-electron chi connectivity index (χ4n) is 2.64. The van der Waals surface area contributed by atoms with Crippen LogP contribution >= 0.6 is 23.9 Å². The van der Waals surface area contributed by atoms with Crippen molar-refractivity contribution in [2.24, 2.45) is 0 Å². The van der Waals surface area contributed by atoms with E-state index in [0.717, 1.165) is 5.69 Å². The Bertz CT molecular complexity index is 1050. The quantitative estimate of drug-likeness (QED) is 0.281. The van der Waals surface area contributed by atoms with E-state index >= 15 is 0 Å². The van der Waals surface area contributed by atoms with E-state index in [4.69, 9.17) is 4.74 Å². The summed E-state index contributed by atoms with van der Waals surface area (Å²) in [4.78, 5) is 19.4.